The van der Waals surface area contributed by atoms with Crippen molar-refractivity contribution in [2.24, 2.45) is 5.41 Å². The topological polar surface area (TPSA) is 92.5 Å². The summed E-state index contributed by atoms with van der Waals surface area (Å²) in [6.07, 6.45) is 1.91. The summed E-state index contributed by atoms with van der Waals surface area (Å²) < 4.78 is 30.4. The van der Waals surface area contributed by atoms with Crippen molar-refractivity contribution in [3.63, 3.8) is 0 Å². The summed E-state index contributed by atoms with van der Waals surface area (Å²) in [6, 6.07) is 11.4. The molecule has 0 spiro atoms. The van der Waals surface area contributed by atoms with Crippen molar-refractivity contribution in [2.45, 2.75) is 12.8 Å². The molecule has 0 aliphatic carbocycles. The minimum atomic E-state index is -3.34. The first-order valence-electron chi connectivity index (χ1n) is 8.02. The van der Waals surface area contributed by atoms with Gasteiger partial charge in [-0.05, 0) is 6.42 Å². The van der Waals surface area contributed by atoms with Crippen LogP contribution in [0.4, 0.5) is 0 Å². The Labute approximate surface area is 147 Å². The number of benzene rings is 1. The number of nitrogens with one attached hydrogen (secondary N) is 1. The van der Waals surface area contributed by atoms with Gasteiger partial charge in [-0.2, -0.15) is 0 Å². The van der Waals surface area contributed by atoms with Crippen molar-refractivity contribution in [1.82, 2.24) is 14.8 Å². The summed E-state index contributed by atoms with van der Waals surface area (Å²) in [5.74, 6) is 0.383. The lowest BCUT2D eigenvalue weighted by Gasteiger charge is -2.25. The van der Waals surface area contributed by atoms with Crippen molar-refractivity contribution in [2.75, 3.05) is 26.4 Å². The van der Waals surface area contributed by atoms with E-state index in [1.165, 1.54) is 4.31 Å². The number of hydrogen-bond donors (Lipinski definition) is 1. The van der Waals surface area contributed by atoms with Gasteiger partial charge in [0.15, 0.2) is 0 Å². The molecule has 0 bridgehead atoms. The average Bonchev–Trinajstić information content (AvgIpc) is 3.23. The van der Waals surface area contributed by atoms with E-state index in [-0.39, 0.29) is 12.5 Å². The zero-order valence-corrected chi connectivity index (χ0v) is 15.0. The summed E-state index contributed by atoms with van der Waals surface area (Å²) in [5, 5.41) is 6.73. The second-order valence-electron chi connectivity index (χ2n) is 6.43. The van der Waals surface area contributed by atoms with Crippen molar-refractivity contribution in [1.29, 1.82) is 0 Å². The molecule has 3 rings (SSSR count). The lowest BCUT2D eigenvalue weighted by atomic mass is 9.81. The van der Waals surface area contributed by atoms with Crippen LogP contribution in [-0.2, 0) is 21.2 Å². The van der Waals surface area contributed by atoms with Gasteiger partial charge < -0.3 is 9.84 Å². The standard InChI is InChI=1S/C17H21N3O4S/c1-18-16(21)17(8-9-20(12-17)25(2,22)23)11-14-10-15(19-24-14)13-6-4-3-5-7-13/h3-7,10H,8-9,11-12H2,1-2H3,(H,18,21)/t17-/m0/s1. The monoisotopic (exact) mass is 363 g/mol. The smallest absolute Gasteiger partial charge is 0.227 e. The number of hydrogen-bond acceptors (Lipinski definition) is 5. The Hall–Kier alpha value is -2.19. The van der Waals surface area contributed by atoms with E-state index in [0.717, 1.165) is 11.8 Å². The number of rotatable bonds is 5. The molecule has 1 aromatic heterocycles. The molecule has 1 saturated heterocycles. The average molecular weight is 363 g/mol. The first-order valence-corrected chi connectivity index (χ1v) is 9.87. The van der Waals surface area contributed by atoms with Crippen LogP contribution in [0.5, 0.6) is 0 Å². The van der Waals surface area contributed by atoms with Gasteiger partial charge in [-0.15, -0.1) is 0 Å². The fraction of sp³-hybridized carbons (Fsp3) is 0.412. The number of carbonyl (C=O) groups excluding carboxylic acids is 1. The summed E-state index contributed by atoms with van der Waals surface area (Å²) in [5.41, 5.74) is 0.780. The number of carbonyl (C=O) groups is 1. The quantitative estimate of drug-likeness (QED) is 0.864. The zero-order chi connectivity index (χ0) is 18.1. The highest BCUT2D eigenvalue weighted by atomic mass is 32.2. The fourth-order valence-electron chi connectivity index (χ4n) is 3.27. The highest BCUT2D eigenvalue weighted by Crippen LogP contribution is 2.36. The van der Waals surface area contributed by atoms with Gasteiger partial charge >= 0.3 is 0 Å². The van der Waals surface area contributed by atoms with Crippen molar-refractivity contribution in [3.8, 4) is 11.3 Å². The van der Waals surface area contributed by atoms with Crippen LogP contribution in [0, 0.1) is 5.41 Å². The van der Waals surface area contributed by atoms with E-state index in [9.17, 15) is 13.2 Å². The van der Waals surface area contributed by atoms with Gasteiger partial charge in [-0.3, -0.25) is 4.79 Å². The van der Waals surface area contributed by atoms with Crippen LogP contribution in [0.2, 0.25) is 0 Å². The second-order valence-corrected chi connectivity index (χ2v) is 8.41. The van der Waals surface area contributed by atoms with Crippen LogP contribution >= 0.6 is 0 Å². The Morgan fingerprint density at radius 2 is 2.08 bits per heavy atom. The summed E-state index contributed by atoms with van der Waals surface area (Å²) in [4.78, 5) is 12.5. The molecule has 2 aromatic rings. The zero-order valence-electron chi connectivity index (χ0n) is 14.2. The third-order valence-corrected chi connectivity index (χ3v) is 5.89. The van der Waals surface area contributed by atoms with E-state index in [1.54, 1.807) is 7.05 Å². The van der Waals surface area contributed by atoms with Gasteiger partial charge in [0.2, 0.25) is 15.9 Å². The van der Waals surface area contributed by atoms with E-state index in [1.807, 2.05) is 36.4 Å². The predicted octanol–water partition coefficient (Wildman–Crippen LogP) is 1.28. The van der Waals surface area contributed by atoms with Gasteiger partial charge in [-0.25, -0.2) is 12.7 Å². The van der Waals surface area contributed by atoms with Crippen molar-refractivity contribution >= 4 is 15.9 Å². The summed E-state index contributed by atoms with van der Waals surface area (Å²) in [6.45, 7) is 0.471. The molecule has 25 heavy (non-hydrogen) atoms. The first-order chi connectivity index (χ1) is 11.8. The maximum Gasteiger partial charge on any atom is 0.227 e. The third kappa shape index (κ3) is 3.59. The molecular weight excluding hydrogens is 342 g/mol. The molecule has 1 N–H and O–H groups in total. The highest BCUT2D eigenvalue weighted by Gasteiger charge is 2.47. The summed E-state index contributed by atoms with van der Waals surface area (Å²) in [7, 11) is -1.78. The molecule has 134 valence electrons. The predicted molar refractivity (Wildman–Crippen MR) is 93.2 cm³/mol. The van der Waals surface area contributed by atoms with Gasteiger partial charge in [0.25, 0.3) is 0 Å². The van der Waals surface area contributed by atoms with Gasteiger partial charge in [-0.1, -0.05) is 35.5 Å². The van der Waals surface area contributed by atoms with E-state index >= 15 is 0 Å². The molecule has 2 heterocycles. The minimum Gasteiger partial charge on any atom is -0.361 e. The van der Waals surface area contributed by atoms with Crippen LogP contribution in [-0.4, -0.2) is 50.2 Å². The van der Waals surface area contributed by atoms with E-state index in [4.69, 9.17) is 4.52 Å². The Kier molecular flexibility index (Phi) is 4.66. The molecule has 7 nitrogen and oxygen atoms in total. The third-order valence-electron chi connectivity index (χ3n) is 4.64. The molecule has 0 radical (unpaired) electrons. The number of nitrogens with zero attached hydrogens (tertiary/aromatic N) is 2. The molecule has 1 atom stereocenters. The lowest BCUT2D eigenvalue weighted by molar-refractivity contribution is -0.129. The molecule has 0 saturated carbocycles. The SMILES string of the molecule is CNC(=O)[C@]1(Cc2cc(-c3ccccc3)no2)CCN(S(C)(=O)=O)C1. The van der Waals surface area contributed by atoms with E-state index < -0.39 is 15.4 Å². The largest absolute Gasteiger partial charge is 0.361 e. The molecule has 1 fully saturated rings. The van der Waals surface area contributed by atoms with Crippen molar-refractivity contribution < 1.29 is 17.7 Å². The molecule has 1 aliphatic rings. The Morgan fingerprint density at radius 3 is 2.68 bits per heavy atom. The Morgan fingerprint density at radius 1 is 1.36 bits per heavy atom. The molecule has 0 unspecified atom stereocenters. The number of amides is 1. The maximum atomic E-state index is 12.5. The molecular formula is C17H21N3O4S. The highest BCUT2D eigenvalue weighted by molar-refractivity contribution is 7.88. The number of sulfonamides is 1. The fourth-order valence-corrected chi connectivity index (χ4v) is 4.17. The van der Waals surface area contributed by atoms with Crippen LogP contribution in [0.3, 0.4) is 0 Å². The Balaban J connectivity index is 1.85. The maximum absolute atomic E-state index is 12.5. The molecule has 1 aromatic carbocycles. The lowest BCUT2D eigenvalue weighted by Crippen LogP contribution is -2.43. The second kappa shape index (κ2) is 6.61. The van der Waals surface area contributed by atoms with Crippen LogP contribution in [0.15, 0.2) is 40.9 Å². The normalized spacial score (nSPS) is 21.4. The molecule has 8 heteroatoms. The molecule has 1 amide bonds. The molecule has 1 aliphatic heterocycles. The summed E-state index contributed by atoms with van der Waals surface area (Å²) >= 11 is 0. The first kappa shape index (κ1) is 17.6. The Bertz CT molecular complexity index is 863. The van der Waals surface area contributed by atoms with Crippen LogP contribution < -0.4 is 5.32 Å². The van der Waals surface area contributed by atoms with Gasteiger partial charge in [0, 0.05) is 38.2 Å². The van der Waals surface area contributed by atoms with Crippen LogP contribution in [0.1, 0.15) is 12.2 Å². The van der Waals surface area contributed by atoms with Gasteiger partial charge in [0.05, 0.1) is 11.7 Å². The van der Waals surface area contributed by atoms with Crippen LogP contribution in [0.25, 0.3) is 11.3 Å². The van der Waals surface area contributed by atoms with E-state index in [2.05, 4.69) is 10.5 Å². The van der Waals surface area contributed by atoms with E-state index in [0.29, 0.717) is 30.8 Å². The minimum absolute atomic E-state index is 0.146. The van der Waals surface area contributed by atoms with Gasteiger partial charge in [0.1, 0.15) is 11.5 Å². The van der Waals surface area contributed by atoms with Crippen molar-refractivity contribution in [3.05, 3.63) is 42.2 Å². The number of aromatic nitrogens is 1.